The first-order chi connectivity index (χ1) is 11.5. The van der Waals surface area contributed by atoms with Gasteiger partial charge in [0.15, 0.2) is 5.69 Å². The van der Waals surface area contributed by atoms with Crippen LogP contribution in [0.15, 0.2) is 29.6 Å². The predicted molar refractivity (Wildman–Crippen MR) is 92.6 cm³/mol. The van der Waals surface area contributed by atoms with Gasteiger partial charge < -0.3 is 10.4 Å². The number of carboxylic acids is 1. The monoisotopic (exact) mass is 364 g/mol. The second-order valence-electron chi connectivity index (χ2n) is 5.99. The molecule has 0 saturated heterocycles. The van der Waals surface area contributed by atoms with Gasteiger partial charge in [-0.2, -0.15) is 0 Å². The van der Waals surface area contributed by atoms with Gasteiger partial charge in [-0.1, -0.05) is 29.8 Å². The maximum absolute atomic E-state index is 12.5. The molecule has 0 aliphatic heterocycles. The van der Waals surface area contributed by atoms with E-state index in [4.69, 9.17) is 16.7 Å². The van der Waals surface area contributed by atoms with Gasteiger partial charge in [0.05, 0.1) is 10.4 Å². The molecule has 1 aliphatic rings. The van der Waals surface area contributed by atoms with Crippen molar-refractivity contribution in [2.24, 2.45) is 5.41 Å². The van der Waals surface area contributed by atoms with Crippen molar-refractivity contribution >= 4 is 34.8 Å². The van der Waals surface area contributed by atoms with E-state index in [9.17, 15) is 9.59 Å². The third-order valence-corrected chi connectivity index (χ3v) is 5.49. The highest BCUT2D eigenvalue weighted by Crippen LogP contribution is 2.49. The molecule has 0 radical (unpaired) electrons. The minimum Gasteiger partial charge on any atom is -0.476 e. The van der Waals surface area contributed by atoms with Crippen molar-refractivity contribution in [2.75, 3.05) is 6.54 Å². The summed E-state index contributed by atoms with van der Waals surface area (Å²) in [6.07, 6.45) is 2.92. The van der Waals surface area contributed by atoms with Gasteiger partial charge in [0.25, 0.3) is 0 Å². The van der Waals surface area contributed by atoms with E-state index in [1.165, 1.54) is 16.7 Å². The average Bonchev–Trinajstić information content (AvgIpc) is 3.18. The second-order valence-corrected chi connectivity index (χ2v) is 7.34. The lowest BCUT2D eigenvalue weighted by molar-refractivity contribution is -0.126. The Morgan fingerprint density at radius 1 is 1.33 bits per heavy atom. The van der Waals surface area contributed by atoms with Gasteiger partial charge in [-0.3, -0.25) is 4.79 Å². The maximum atomic E-state index is 12.5. The van der Waals surface area contributed by atoms with E-state index >= 15 is 0 Å². The number of carbonyl (C=O) groups excluding carboxylic acids is 1. The largest absolute Gasteiger partial charge is 0.476 e. The van der Waals surface area contributed by atoms with Crippen LogP contribution in [0.2, 0.25) is 5.02 Å². The summed E-state index contributed by atoms with van der Waals surface area (Å²) in [4.78, 5) is 27.3. The van der Waals surface area contributed by atoms with Gasteiger partial charge in [-0.15, -0.1) is 11.3 Å². The van der Waals surface area contributed by atoms with Crippen molar-refractivity contribution in [1.82, 2.24) is 10.3 Å². The molecule has 1 saturated carbocycles. The van der Waals surface area contributed by atoms with E-state index in [-0.39, 0.29) is 17.0 Å². The van der Waals surface area contributed by atoms with Gasteiger partial charge in [-0.25, -0.2) is 9.78 Å². The normalized spacial score (nSPS) is 15.0. The van der Waals surface area contributed by atoms with Gasteiger partial charge >= 0.3 is 5.97 Å². The lowest BCUT2D eigenvalue weighted by Crippen LogP contribution is -2.34. The van der Waals surface area contributed by atoms with E-state index in [1.807, 2.05) is 24.3 Å². The Bertz CT molecular complexity index is 771. The Hall–Kier alpha value is -1.92. The highest BCUT2D eigenvalue weighted by Gasteiger charge is 2.49. The number of hydrogen-bond donors (Lipinski definition) is 2. The van der Waals surface area contributed by atoms with E-state index < -0.39 is 5.97 Å². The van der Waals surface area contributed by atoms with Crippen molar-refractivity contribution < 1.29 is 14.7 Å². The zero-order valence-corrected chi connectivity index (χ0v) is 14.5. The van der Waals surface area contributed by atoms with Crippen LogP contribution in [0.3, 0.4) is 0 Å². The van der Waals surface area contributed by atoms with E-state index in [0.717, 1.165) is 18.4 Å². The standard InChI is InChI=1S/C17H17ClN2O3S/c18-12-4-2-1-3-11(12)9-17(6-7-17)16(23)19-8-5-14-20-13(10-24-14)15(21)22/h1-4,10H,5-9H2,(H,19,23)(H,21,22). The fraction of sp³-hybridized carbons (Fsp3) is 0.353. The predicted octanol–water partition coefficient (Wildman–Crippen LogP) is 3.18. The molecule has 0 atom stereocenters. The number of benzene rings is 1. The Kier molecular flexibility index (Phi) is 4.87. The smallest absolute Gasteiger partial charge is 0.355 e. The molecule has 0 bridgehead atoms. The highest BCUT2D eigenvalue weighted by atomic mass is 35.5. The van der Waals surface area contributed by atoms with Crippen LogP contribution < -0.4 is 5.32 Å². The van der Waals surface area contributed by atoms with Crippen LogP contribution in [0.25, 0.3) is 0 Å². The molecule has 2 N–H and O–H groups in total. The van der Waals surface area contributed by atoms with Crippen molar-refractivity contribution in [3.63, 3.8) is 0 Å². The fourth-order valence-corrected chi connectivity index (χ4v) is 3.61. The lowest BCUT2D eigenvalue weighted by atomic mass is 9.95. The minimum absolute atomic E-state index is 0.0393. The van der Waals surface area contributed by atoms with Crippen LogP contribution >= 0.6 is 22.9 Å². The number of carbonyl (C=O) groups is 2. The Balaban J connectivity index is 1.53. The third kappa shape index (κ3) is 3.76. The molecular formula is C17H17ClN2O3S. The number of aromatic carboxylic acids is 1. The Morgan fingerprint density at radius 2 is 2.08 bits per heavy atom. The first-order valence-electron chi connectivity index (χ1n) is 7.70. The molecule has 24 heavy (non-hydrogen) atoms. The number of rotatable bonds is 7. The van der Waals surface area contributed by atoms with Gasteiger partial charge in [0.2, 0.25) is 5.91 Å². The molecule has 1 aliphatic carbocycles. The third-order valence-electron chi connectivity index (χ3n) is 4.22. The molecule has 1 aromatic carbocycles. The molecule has 126 valence electrons. The van der Waals surface area contributed by atoms with Crippen LogP contribution in [0.1, 0.15) is 33.9 Å². The summed E-state index contributed by atoms with van der Waals surface area (Å²) in [6.45, 7) is 0.454. The Morgan fingerprint density at radius 3 is 2.71 bits per heavy atom. The molecular weight excluding hydrogens is 348 g/mol. The van der Waals surface area contributed by atoms with Crippen molar-refractivity contribution in [3.05, 3.63) is 50.9 Å². The van der Waals surface area contributed by atoms with Crippen LogP contribution in [0.5, 0.6) is 0 Å². The summed E-state index contributed by atoms with van der Waals surface area (Å²) in [7, 11) is 0. The molecule has 1 heterocycles. The summed E-state index contributed by atoms with van der Waals surface area (Å²) in [5.41, 5.74) is 0.705. The number of nitrogens with one attached hydrogen (secondary N) is 1. The van der Waals surface area contributed by atoms with Gasteiger partial charge in [0, 0.05) is 23.4 Å². The van der Waals surface area contributed by atoms with Crippen LogP contribution in [-0.2, 0) is 17.6 Å². The van der Waals surface area contributed by atoms with Crippen molar-refractivity contribution in [2.45, 2.75) is 25.7 Å². The van der Waals surface area contributed by atoms with Crippen LogP contribution in [0, 0.1) is 5.41 Å². The van der Waals surface area contributed by atoms with Crippen LogP contribution in [-0.4, -0.2) is 28.5 Å². The highest BCUT2D eigenvalue weighted by molar-refractivity contribution is 7.09. The quantitative estimate of drug-likeness (QED) is 0.790. The lowest BCUT2D eigenvalue weighted by Gasteiger charge is -2.16. The first-order valence-corrected chi connectivity index (χ1v) is 8.95. The zero-order chi connectivity index (χ0) is 17.2. The molecule has 1 amide bonds. The second kappa shape index (κ2) is 6.91. The van der Waals surface area contributed by atoms with Crippen molar-refractivity contribution in [1.29, 1.82) is 0 Å². The number of amides is 1. The number of nitrogens with zero attached hydrogens (tertiary/aromatic N) is 1. The summed E-state index contributed by atoms with van der Waals surface area (Å²) in [5, 5.41) is 14.7. The number of carboxylic acid groups (broad SMARTS) is 1. The van der Waals surface area contributed by atoms with E-state index in [1.54, 1.807) is 0 Å². The molecule has 1 aromatic heterocycles. The SMILES string of the molecule is O=C(O)c1csc(CCNC(=O)C2(Cc3ccccc3Cl)CC2)n1. The average molecular weight is 365 g/mol. The number of halogens is 1. The van der Waals surface area contributed by atoms with E-state index in [2.05, 4.69) is 10.3 Å². The Labute approximate surface area is 148 Å². The molecule has 3 rings (SSSR count). The van der Waals surface area contributed by atoms with Crippen molar-refractivity contribution in [3.8, 4) is 0 Å². The number of hydrogen-bond acceptors (Lipinski definition) is 4. The molecule has 7 heteroatoms. The van der Waals surface area contributed by atoms with Gasteiger partial charge in [-0.05, 0) is 30.9 Å². The number of aromatic nitrogens is 1. The fourth-order valence-electron chi connectivity index (χ4n) is 2.64. The molecule has 2 aromatic rings. The summed E-state index contributed by atoms with van der Waals surface area (Å²) >= 11 is 7.49. The molecule has 0 unspecified atom stereocenters. The van der Waals surface area contributed by atoms with Crippen LogP contribution in [0.4, 0.5) is 0 Å². The minimum atomic E-state index is -1.03. The number of thiazole rings is 1. The zero-order valence-electron chi connectivity index (χ0n) is 12.9. The summed E-state index contributed by atoms with van der Waals surface area (Å²) in [5.74, 6) is -0.990. The summed E-state index contributed by atoms with van der Waals surface area (Å²) < 4.78 is 0. The van der Waals surface area contributed by atoms with Gasteiger partial charge in [0.1, 0.15) is 0 Å². The summed E-state index contributed by atoms with van der Waals surface area (Å²) in [6, 6.07) is 7.61. The molecule has 0 spiro atoms. The van der Waals surface area contributed by atoms with E-state index in [0.29, 0.717) is 29.4 Å². The topological polar surface area (TPSA) is 79.3 Å². The first kappa shape index (κ1) is 16.9. The molecule has 5 nitrogen and oxygen atoms in total. The molecule has 1 fully saturated rings. The maximum Gasteiger partial charge on any atom is 0.355 e.